The molecule has 0 bridgehead atoms. The van der Waals surface area contributed by atoms with Crippen molar-refractivity contribution in [2.24, 2.45) is 11.8 Å². The van der Waals surface area contributed by atoms with Crippen LogP contribution in [0.4, 0.5) is 0 Å². The molecule has 1 aliphatic carbocycles. The topological polar surface area (TPSA) is 35.5 Å². The summed E-state index contributed by atoms with van der Waals surface area (Å²) in [6.07, 6.45) is 7.61. The summed E-state index contributed by atoms with van der Waals surface area (Å²) < 4.78 is 11.3. The van der Waals surface area contributed by atoms with Crippen LogP contribution in [-0.2, 0) is 14.3 Å². The van der Waals surface area contributed by atoms with E-state index >= 15 is 0 Å². The molecule has 0 aromatic heterocycles. The number of carbonyl (C=O) groups excluding carboxylic acids is 1. The molecule has 2 aliphatic rings. The molecule has 1 heterocycles. The third-order valence-electron chi connectivity index (χ3n) is 4.94. The van der Waals surface area contributed by atoms with E-state index in [1.165, 1.54) is 12.7 Å². The number of ether oxygens (including phenoxy) is 2. The smallest absolute Gasteiger partial charge is 0.311 e. The molecule has 19 heavy (non-hydrogen) atoms. The van der Waals surface area contributed by atoms with Crippen molar-refractivity contribution in [3.05, 3.63) is 11.6 Å². The van der Waals surface area contributed by atoms with Crippen LogP contribution in [0.25, 0.3) is 0 Å². The first-order valence-corrected chi connectivity index (χ1v) is 7.40. The highest BCUT2D eigenvalue weighted by Crippen LogP contribution is 2.45. The summed E-state index contributed by atoms with van der Waals surface area (Å²) in [5.74, 6) is 0.246. The third kappa shape index (κ3) is 2.86. The maximum absolute atomic E-state index is 11.7. The second kappa shape index (κ2) is 5.66. The molecule has 0 aromatic carbocycles. The number of hydrogen-bond acceptors (Lipinski definition) is 3. The van der Waals surface area contributed by atoms with Gasteiger partial charge < -0.3 is 9.47 Å². The Bertz CT molecular complexity index is 374. The number of methoxy groups -OCH3 is 1. The maximum atomic E-state index is 11.7. The predicted octanol–water partition coefficient (Wildman–Crippen LogP) is 3.48. The van der Waals surface area contributed by atoms with Crippen LogP contribution in [-0.4, -0.2) is 24.8 Å². The number of hydrogen-bond donors (Lipinski definition) is 0. The van der Waals surface area contributed by atoms with E-state index in [1.54, 1.807) is 0 Å². The first kappa shape index (κ1) is 14.6. The quantitative estimate of drug-likeness (QED) is 0.567. The van der Waals surface area contributed by atoms with Gasteiger partial charge in [0.1, 0.15) is 0 Å². The van der Waals surface area contributed by atoms with E-state index in [9.17, 15) is 4.79 Å². The molecule has 0 aromatic rings. The van der Waals surface area contributed by atoms with Crippen molar-refractivity contribution < 1.29 is 14.3 Å². The van der Waals surface area contributed by atoms with Crippen LogP contribution in [0.5, 0.6) is 0 Å². The Morgan fingerprint density at radius 3 is 2.89 bits per heavy atom. The van der Waals surface area contributed by atoms with Gasteiger partial charge in [0.15, 0.2) is 0 Å². The van der Waals surface area contributed by atoms with Gasteiger partial charge in [-0.2, -0.15) is 0 Å². The highest BCUT2D eigenvalue weighted by molar-refractivity contribution is 5.72. The van der Waals surface area contributed by atoms with Gasteiger partial charge in [0.05, 0.1) is 24.7 Å². The van der Waals surface area contributed by atoms with Crippen molar-refractivity contribution in [2.75, 3.05) is 7.11 Å². The van der Waals surface area contributed by atoms with Crippen LogP contribution in [0.3, 0.4) is 0 Å². The van der Waals surface area contributed by atoms with Gasteiger partial charge in [-0.1, -0.05) is 18.6 Å². The predicted molar refractivity (Wildman–Crippen MR) is 74.8 cm³/mol. The minimum atomic E-state index is -0.166. The fourth-order valence-corrected chi connectivity index (χ4v) is 3.56. The molecule has 3 unspecified atom stereocenters. The Morgan fingerprint density at radius 2 is 2.26 bits per heavy atom. The SMILES string of the molecule is COC(=O)C(C)C1CC[C@@H](C)C2(CCC=C(C)C2)O1. The van der Waals surface area contributed by atoms with Gasteiger partial charge in [0, 0.05) is 0 Å². The van der Waals surface area contributed by atoms with Crippen molar-refractivity contribution in [3.63, 3.8) is 0 Å². The third-order valence-corrected chi connectivity index (χ3v) is 4.94. The van der Waals surface area contributed by atoms with Gasteiger partial charge in [0.2, 0.25) is 0 Å². The zero-order valence-corrected chi connectivity index (χ0v) is 12.6. The van der Waals surface area contributed by atoms with Crippen molar-refractivity contribution in [3.8, 4) is 0 Å². The molecule has 2 rings (SSSR count). The summed E-state index contributed by atoms with van der Waals surface area (Å²) in [6.45, 7) is 6.40. The molecule has 0 N–H and O–H groups in total. The average Bonchev–Trinajstić information content (AvgIpc) is 2.40. The van der Waals surface area contributed by atoms with Crippen molar-refractivity contribution in [2.45, 2.75) is 64.6 Å². The zero-order chi connectivity index (χ0) is 14.0. The molecular weight excluding hydrogens is 240 g/mol. The molecule has 4 atom stereocenters. The fourth-order valence-electron chi connectivity index (χ4n) is 3.56. The fraction of sp³-hybridized carbons (Fsp3) is 0.812. The normalized spacial score (nSPS) is 36.7. The van der Waals surface area contributed by atoms with E-state index in [0.717, 1.165) is 32.1 Å². The van der Waals surface area contributed by atoms with Crippen molar-refractivity contribution >= 4 is 5.97 Å². The summed E-state index contributed by atoms with van der Waals surface area (Å²) in [7, 11) is 1.45. The Morgan fingerprint density at radius 1 is 1.53 bits per heavy atom. The van der Waals surface area contributed by atoms with Crippen LogP contribution in [0, 0.1) is 11.8 Å². The van der Waals surface area contributed by atoms with E-state index in [0.29, 0.717) is 5.92 Å². The summed E-state index contributed by atoms with van der Waals surface area (Å²) in [4.78, 5) is 11.7. The Kier molecular flexibility index (Phi) is 4.34. The van der Waals surface area contributed by atoms with E-state index < -0.39 is 0 Å². The van der Waals surface area contributed by atoms with E-state index in [-0.39, 0.29) is 23.6 Å². The van der Waals surface area contributed by atoms with Gasteiger partial charge >= 0.3 is 5.97 Å². The van der Waals surface area contributed by atoms with Gasteiger partial charge in [-0.15, -0.1) is 0 Å². The molecule has 0 radical (unpaired) electrons. The minimum Gasteiger partial charge on any atom is -0.469 e. The Balaban J connectivity index is 2.12. The number of rotatable bonds is 2. The van der Waals surface area contributed by atoms with Crippen molar-refractivity contribution in [1.29, 1.82) is 0 Å². The Labute approximate surface area is 116 Å². The lowest BCUT2D eigenvalue weighted by molar-refractivity contribution is -0.188. The van der Waals surface area contributed by atoms with Crippen LogP contribution in [0.1, 0.15) is 52.9 Å². The molecule has 1 aliphatic heterocycles. The second-order valence-electron chi connectivity index (χ2n) is 6.28. The van der Waals surface area contributed by atoms with Gasteiger partial charge in [-0.25, -0.2) is 0 Å². The monoisotopic (exact) mass is 266 g/mol. The van der Waals surface area contributed by atoms with E-state index in [1.807, 2.05) is 6.92 Å². The summed E-state index contributed by atoms with van der Waals surface area (Å²) in [5.41, 5.74) is 1.37. The first-order chi connectivity index (χ1) is 8.98. The zero-order valence-electron chi connectivity index (χ0n) is 12.6. The molecular formula is C16H26O3. The molecule has 0 amide bonds. The van der Waals surface area contributed by atoms with Crippen molar-refractivity contribution in [1.82, 2.24) is 0 Å². The lowest BCUT2D eigenvalue weighted by Crippen LogP contribution is -2.50. The van der Waals surface area contributed by atoms with Crippen LogP contribution < -0.4 is 0 Å². The second-order valence-corrected chi connectivity index (χ2v) is 6.28. The number of esters is 1. The molecule has 108 valence electrons. The summed E-state index contributed by atoms with van der Waals surface area (Å²) >= 11 is 0. The number of carbonyl (C=O) groups is 1. The Hall–Kier alpha value is -0.830. The molecule has 3 heteroatoms. The van der Waals surface area contributed by atoms with Gasteiger partial charge in [-0.3, -0.25) is 4.79 Å². The van der Waals surface area contributed by atoms with Crippen LogP contribution in [0.2, 0.25) is 0 Å². The van der Waals surface area contributed by atoms with Crippen LogP contribution >= 0.6 is 0 Å². The molecule has 0 saturated carbocycles. The minimum absolute atomic E-state index is 0.00884. The van der Waals surface area contributed by atoms with Gasteiger partial charge in [0.25, 0.3) is 0 Å². The average molecular weight is 266 g/mol. The van der Waals surface area contributed by atoms with E-state index in [2.05, 4.69) is 19.9 Å². The van der Waals surface area contributed by atoms with Gasteiger partial charge in [-0.05, 0) is 51.9 Å². The largest absolute Gasteiger partial charge is 0.469 e. The summed E-state index contributed by atoms with van der Waals surface area (Å²) in [6, 6.07) is 0. The highest BCUT2D eigenvalue weighted by Gasteiger charge is 2.45. The standard InChI is InChI=1S/C16H26O3/c1-11-6-5-9-16(10-11)12(2)7-8-14(19-16)13(3)15(17)18-4/h6,12-14H,5,7-10H2,1-4H3/t12-,13?,14?,16?/m1/s1. The molecule has 3 nitrogen and oxygen atoms in total. The summed E-state index contributed by atoms with van der Waals surface area (Å²) in [5, 5.41) is 0. The molecule has 1 fully saturated rings. The molecule has 1 saturated heterocycles. The first-order valence-electron chi connectivity index (χ1n) is 7.40. The van der Waals surface area contributed by atoms with E-state index in [4.69, 9.17) is 9.47 Å². The lowest BCUT2D eigenvalue weighted by atomic mass is 9.71. The van der Waals surface area contributed by atoms with Crippen LogP contribution in [0.15, 0.2) is 11.6 Å². The maximum Gasteiger partial charge on any atom is 0.311 e. The number of allylic oxidation sites excluding steroid dienone is 1. The highest BCUT2D eigenvalue weighted by atomic mass is 16.5. The lowest BCUT2D eigenvalue weighted by Gasteiger charge is -2.48. The molecule has 1 spiro atoms.